The van der Waals surface area contributed by atoms with E-state index in [-0.39, 0.29) is 5.91 Å². The Morgan fingerprint density at radius 1 is 1.36 bits per heavy atom. The van der Waals surface area contributed by atoms with Crippen molar-refractivity contribution in [1.29, 1.82) is 0 Å². The standard InChI is InChI=1S/C16H18ClN3OS/c1-2-20-9-7-11(8-10-20)18-19-16(21)15-14(17)12-5-3-4-6-13(12)22-15/h3-6H,2,7-10H2,1H3,(H,19,21). The fraction of sp³-hybridized carbons (Fsp3) is 0.375. The largest absolute Gasteiger partial charge is 0.303 e. The van der Waals surface area contributed by atoms with Crippen molar-refractivity contribution in [3.05, 3.63) is 34.2 Å². The van der Waals surface area contributed by atoms with Gasteiger partial charge in [-0.3, -0.25) is 4.79 Å². The van der Waals surface area contributed by atoms with Crippen LogP contribution in [0.4, 0.5) is 0 Å². The number of hydrogen-bond acceptors (Lipinski definition) is 4. The zero-order chi connectivity index (χ0) is 15.5. The highest BCUT2D eigenvalue weighted by Gasteiger charge is 2.18. The number of benzene rings is 1. The summed E-state index contributed by atoms with van der Waals surface area (Å²) in [5.41, 5.74) is 3.71. The first-order valence-corrected chi connectivity index (χ1v) is 8.63. The zero-order valence-corrected chi connectivity index (χ0v) is 14.0. The number of carbonyl (C=O) groups is 1. The second-order valence-corrected chi connectivity index (χ2v) is 6.72. The first-order chi connectivity index (χ1) is 10.7. The van der Waals surface area contributed by atoms with E-state index in [1.165, 1.54) is 11.3 Å². The van der Waals surface area contributed by atoms with E-state index in [1.54, 1.807) is 0 Å². The lowest BCUT2D eigenvalue weighted by atomic mass is 10.1. The maximum absolute atomic E-state index is 12.3. The van der Waals surface area contributed by atoms with Crippen LogP contribution in [0.15, 0.2) is 29.4 Å². The van der Waals surface area contributed by atoms with Gasteiger partial charge in [0.25, 0.3) is 5.91 Å². The molecule has 0 aliphatic carbocycles. The molecule has 0 bridgehead atoms. The van der Waals surface area contributed by atoms with Crippen LogP contribution >= 0.6 is 22.9 Å². The summed E-state index contributed by atoms with van der Waals surface area (Å²) >= 11 is 7.71. The zero-order valence-electron chi connectivity index (χ0n) is 12.4. The van der Waals surface area contributed by atoms with Crippen molar-refractivity contribution in [2.24, 2.45) is 5.10 Å². The van der Waals surface area contributed by atoms with Crippen molar-refractivity contribution >= 4 is 44.6 Å². The molecule has 22 heavy (non-hydrogen) atoms. The van der Waals surface area contributed by atoms with Gasteiger partial charge in [-0.2, -0.15) is 5.10 Å². The molecule has 1 aromatic carbocycles. The molecule has 0 atom stereocenters. The van der Waals surface area contributed by atoms with E-state index in [0.29, 0.717) is 9.90 Å². The van der Waals surface area contributed by atoms with Gasteiger partial charge < -0.3 is 4.90 Å². The molecule has 2 heterocycles. The molecule has 0 spiro atoms. The smallest absolute Gasteiger partial charge is 0.283 e. The molecule has 3 rings (SSSR count). The average Bonchev–Trinajstić information content (AvgIpc) is 2.90. The topological polar surface area (TPSA) is 44.7 Å². The number of amides is 1. The van der Waals surface area contributed by atoms with Crippen molar-refractivity contribution < 1.29 is 4.79 Å². The van der Waals surface area contributed by atoms with Crippen molar-refractivity contribution in [3.8, 4) is 0 Å². The lowest BCUT2D eigenvalue weighted by Crippen LogP contribution is -2.34. The number of rotatable bonds is 3. The summed E-state index contributed by atoms with van der Waals surface area (Å²) in [6.07, 6.45) is 1.82. The summed E-state index contributed by atoms with van der Waals surface area (Å²) in [4.78, 5) is 15.2. The Morgan fingerprint density at radius 3 is 2.77 bits per heavy atom. The van der Waals surface area contributed by atoms with E-state index in [1.807, 2.05) is 24.3 Å². The predicted molar refractivity (Wildman–Crippen MR) is 93.1 cm³/mol. The minimum absolute atomic E-state index is 0.225. The van der Waals surface area contributed by atoms with Crippen LogP contribution in [0.25, 0.3) is 10.1 Å². The summed E-state index contributed by atoms with van der Waals surface area (Å²) in [6, 6.07) is 7.76. The second kappa shape index (κ2) is 6.77. The first kappa shape index (κ1) is 15.5. The Balaban J connectivity index is 1.70. The number of thiophene rings is 1. The number of halogens is 1. The fourth-order valence-electron chi connectivity index (χ4n) is 2.58. The van der Waals surface area contributed by atoms with Crippen LogP contribution in [0, 0.1) is 0 Å². The van der Waals surface area contributed by atoms with E-state index in [4.69, 9.17) is 11.6 Å². The highest BCUT2D eigenvalue weighted by atomic mass is 35.5. The van der Waals surface area contributed by atoms with Crippen molar-refractivity contribution in [1.82, 2.24) is 10.3 Å². The van der Waals surface area contributed by atoms with Gasteiger partial charge in [-0.15, -0.1) is 11.3 Å². The molecule has 0 saturated carbocycles. The molecule has 1 N–H and O–H groups in total. The minimum atomic E-state index is -0.225. The summed E-state index contributed by atoms with van der Waals surface area (Å²) in [5, 5.41) is 5.71. The van der Waals surface area contributed by atoms with Gasteiger partial charge in [0.2, 0.25) is 0 Å². The van der Waals surface area contributed by atoms with Gasteiger partial charge in [-0.25, -0.2) is 5.43 Å². The molecular weight excluding hydrogens is 318 g/mol. The highest BCUT2D eigenvalue weighted by molar-refractivity contribution is 7.21. The monoisotopic (exact) mass is 335 g/mol. The first-order valence-electron chi connectivity index (χ1n) is 7.44. The number of hydrogen-bond donors (Lipinski definition) is 1. The van der Waals surface area contributed by atoms with E-state index < -0.39 is 0 Å². The van der Waals surface area contributed by atoms with Gasteiger partial charge in [0, 0.05) is 41.7 Å². The van der Waals surface area contributed by atoms with E-state index in [9.17, 15) is 4.79 Å². The fourth-order valence-corrected chi connectivity index (χ4v) is 3.99. The van der Waals surface area contributed by atoms with Crippen LogP contribution in [0.1, 0.15) is 29.4 Å². The van der Waals surface area contributed by atoms with Gasteiger partial charge in [0.15, 0.2) is 0 Å². The van der Waals surface area contributed by atoms with Gasteiger partial charge in [-0.05, 0) is 12.6 Å². The molecule has 1 amide bonds. The van der Waals surface area contributed by atoms with Crippen molar-refractivity contribution in [2.45, 2.75) is 19.8 Å². The van der Waals surface area contributed by atoms with Gasteiger partial charge >= 0.3 is 0 Å². The third kappa shape index (κ3) is 3.16. The van der Waals surface area contributed by atoms with Crippen LogP contribution in [-0.2, 0) is 0 Å². The number of nitrogens with one attached hydrogen (secondary N) is 1. The Morgan fingerprint density at radius 2 is 2.09 bits per heavy atom. The molecule has 6 heteroatoms. The van der Waals surface area contributed by atoms with Gasteiger partial charge in [-0.1, -0.05) is 36.7 Å². The number of hydrazone groups is 1. The van der Waals surface area contributed by atoms with E-state index in [2.05, 4.69) is 22.4 Å². The van der Waals surface area contributed by atoms with Crippen LogP contribution in [0.3, 0.4) is 0 Å². The number of piperidine rings is 1. The number of nitrogens with zero attached hydrogens (tertiary/aromatic N) is 2. The normalized spacial score (nSPS) is 16.0. The average molecular weight is 336 g/mol. The summed E-state index contributed by atoms with van der Waals surface area (Å²) in [5.74, 6) is -0.225. The molecule has 1 saturated heterocycles. The Labute approximate surface area is 138 Å². The van der Waals surface area contributed by atoms with Gasteiger partial charge in [0.05, 0.1) is 5.02 Å². The Hall–Kier alpha value is -1.43. The van der Waals surface area contributed by atoms with Crippen LogP contribution in [0.5, 0.6) is 0 Å². The third-order valence-electron chi connectivity index (χ3n) is 3.94. The molecule has 1 aliphatic rings. The maximum Gasteiger partial charge on any atom is 0.283 e. The van der Waals surface area contributed by atoms with Crippen LogP contribution in [-0.4, -0.2) is 36.2 Å². The number of likely N-dealkylation sites (tertiary alicyclic amines) is 1. The highest BCUT2D eigenvalue weighted by Crippen LogP contribution is 2.34. The quantitative estimate of drug-likeness (QED) is 0.868. The molecule has 1 aliphatic heterocycles. The second-order valence-electron chi connectivity index (χ2n) is 5.29. The lowest BCUT2D eigenvalue weighted by molar-refractivity contribution is 0.0958. The van der Waals surface area contributed by atoms with Crippen LogP contribution in [0.2, 0.25) is 5.02 Å². The Kier molecular flexibility index (Phi) is 4.76. The molecule has 4 nitrogen and oxygen atoms in total. The molecular formula is C16H18ClN3OS. The predicted octanol–water partition coefficient (Wildman–Crippen LogP) is 3.76. The molecule has 1 fully saturated rings. The maximum atomic E-state index is 12.3. The molecule has 0 radical (unpaired) electrons. The molecule has 2 aromatic rings. The van der Waals surface area contributed by atoms with Crippen molar-refractivity contribution in [2.75, 3.05) is 19.6 Å². The number of fused-ring (bicyclic) bond motifs is 1. The summed E-state index contributed by atoms with van der Waals surface area (Å²) in [7, 11) is 0. The lowest BCUT2D eigenvalue weighted by Gasteiger charge is -2.25. The van der Waals surface area contributed by atoms with E-state index in [0.717, 1.165) is 48.3 Å². The summed E-state index contributed by atoms with van der Waals surface area (Å²) in [6.45, 7) is 5.24. The third-order valence-corrected chi connectivity index (χ3v) is 5.61. The minimum Gasteiger partial charge on any atom is -0.303 e. The van der Waals surface area contributed by atoms with Crippen molar-refractivity contribution in [3.63, 3.8) is 0 Å². The van der Waals surface area contributed by atoms with Crippen LogP contribution < -0.4 is 5.43 Å². The SMILES string of the molecule is CCN1CCC(=NNC(=O)c2sc3ccccc3c2Cl)CC1. The van der Waals surface area contributed by atoms with E-state index >= 15 is 0 Å². The number of carbonyl (C=O) groups excluding carboxylic acids is 1. The summed E-state index contributed by atoms with van der Waals surface area (Å²) < 4.78 is 1.02. The molecule has 116 valence electrons. The molecule has 1 aromatic heterocycles. The van der Waals surface area contributed by atoms with Gasteiger partial charge in [0.1, 0.15) is 4.88 Å². The molecule has 0 unspecified atom stereocenters. The Bertz CT molecular complexity index is 715.